The van der Waals surface area contributed by atoms with Crippen LogP contribution in [0.5, 0.6) is 5.88 Å². The number of rotatable bonds is 16. The summed E-state index contributed by atoms with van der Waals surface area (Å²) in [6, 6.07) is 17.1. The highest BCUT2D eigenvalue weighted by Crippen LogP contribution is 2.51. The van der Waals surface area contributed by atoms with Crippen molar-refractivity contribution in [3.05, 3.63) is 83.6 Å². The number of nitrogens with zero attached hydrogens (tertiary/aromatic N) is 2. The maximum Gasteiger partial charge on any atom is 0.434 e. The number of aromatic nitrogens is 1. The number of alkyl halides is 9. The lowest BCUT2D eigenvalue weighted by molar-refractivity contribution is -0.300. The molecule has 5 rings (SSSR count). The molecule has 1 aromatic heterocycles. The van der Waals surface area contributed by atoms with Crippen LogP contribution in [0.2, 0.25) is 0 Å². The van der Waals surface area contributed by atoms with Crippen LogP contribution >= 0.6 is 0 Å². The van der Waals surface area contributed by atoms with Crippen molar-refractivity contribution < 1.29 is 53.8 Å². The maximum absolute atomic E-state index is 13.7. The summed E-state index contributed by atoms with van der Waals surface area (Å²) in [5.74, 6) is -1.85. The minimum Gasteiger partial charge on any atom is -0.454 e. The molecule has 2 heterocycles. The van der Waals surface area contributed by atoms with E-state index in [1.807, 2.05) is 36.4 Å². The number of unbranched alkanes of at least 4 members (excludes halogenated alkanes) is 3. The molecule has 1 aliphatic heterocycles. The number of carbonyl (C=O) groups is 2. The van der Waals surface area contributed by atoms with Gasteiger partial charge in [-0.3, -0.25) is 9.59 Å². The lowest BCUT2D eigenvalue weighted by Gasteiger charge is -2.33. The molecule has 1 aliphatic carbocycles. The number of fused-ring (bicyclic) bond motifs is 3. The van der Waals surface area contributed by atoms with Crippen LogP contribution in [0.25, 0.3) is 11.1 Å². The average Bonchev–Trinajstić information content (AvgIpc) is 3.41. The van der Waals surface area contributed by atoms with Gasteiger partial charge in [0, 0.05) is 12.6 Å². The Hall–Kier alpha value is -4.14. The van der Waals surface area contributed by atoms with E-state index < -0.39 is 59.7 Å². The van der Waals surface area contributed by atoms with Crippen molar-refractivity contribution in [2.45, 2.75) is 94.3 Å². The van der Waals surface area contributed by atoms with Crippen LogP contribution in [-0.2, 0) is 10.2 Å². The van der Waals surface area contributed by atoms with Gasteiger partial charge in [-0.05, 0) is 92.0 Å². The maximum atomic E-state index is 13.7. The lowest BCUT2D eigenvalue weighted by atomic mass is 9.73. The van der Waals surface area contributed by atoms with Crippen molar-refractivity contribution in [2.75, 3.05) is 26.2 Å². The summed E-state index contributed by atoms with van der Waals surface area (Å²) < 4.78 is 122. The van der Waals surface area contributed by atoms with E-state index in [0.29, 0.717) is 42.7 Å². The summed E-state index contributed by atoms with van der Waals surface area (Å²) in [6.07, 6.45) is -12.8. The van der Waals surface area contributed by atoms with Crippen molar-refractivity contribution in [1.29, 1.82) is 0 Å². The van der Waals surface area contributed by atoms with Gasteiger partial charge in [0.15, 0.2) is 5.78 Å². The topological polar surface area (TPSA) is 71.5 Å². The summed E-state index contributed by atoms with van der Waals surface area (Å²) in [5.41, 5.74) is 1.47. The van der Waals surface area contributed by atoms with Crippen LogP contribution in [0.1, 0.15) is 85.7 Å². The summed E-state index contributed by atoms with van der Waals surface area (Å²) >= 11 is 0. The van der Waals surface area contributed by atoms with E-state index in [-0.39, 0.29) is 6.42 Å². The molecule has 1 fully saturated rings. The fraction of sp³-hybridized carbons (Fsp3) is 0.513. The molecule has 294 valence electrons. The first-order valence-electron chi connectivity index (χ1n) is 18.1. The van der Waals surface area contributed by atoms with Gasteiger partial charge in [-0.2, -0.15) is 39.5 Å². The molecular formula is C39H42F9N3O3. The number of Topliss-reactive ketones (excluding diaryl/α,β-unsaturated/α-hetero) is 1. The Morgan fingerprint density at radius 1 is 0.796 bits per heavy atom. The van der Waals surface area contributed by atoms with Gasteiger partial charge in [0.25, 0.3) is 6.10 Å². The van der Waals surface area contributed by atoms with E-state index in [0.717, 1.165) is 75.1 Å². The fourth-order valence-corrected chi connectivity index (χ4v) is 7.67. The van der Waals surface area contributed by atoms with E-state index in [1.54, 1.807) is 12.1 Å². The number of hydrogen-bond acceptors (Lipinski definition) is 5. The SMILES string of the molecule is O=C(CCCCCC1CCN(CCCCC2(C(=O)NCC(F)(F)F)c3ccccc3-c3ccccc32)CC1)c1cccnc1OC(C(F)(F)F)C(F)(F)F. The molecule has 2 aromatic carbocycles. The molecule has 0 unspecified atom stereocenters. The van der Waals surface area contributed by atoms with Crippen LogP contribution < -0.4 is 10.1 Å². The van der Waals surface area contributed by atoms with Crippen LogP contribution in [0.4, 0.5) is 39.5 Å². The van der Waals surface area contributed by atoms with E-state index in [9.17, 15) is 49.1 Å². The zero-order valence-corrected chi connectivity index (χ0v) is 29.4. The quantitative estimate of drug-likeness (QED) is 0.0893. The second kappa shape index (κ2) is 17.1. The van der Waals surface area contributed by atoms with Gasteiger partial charge in [-0.1, -0.05) is 74.2 Å². The Balaban J connectivity index is 1.05. The molecule has 3 aromatic rings. The Morgan fingerprint density at radius 3 is 2.00 bits per heavy atom. The molecule has 0 atom stereocenters. The standard InChI is InChI=1S/C39H42F9N3O3/c40-37(41,42)25-50-35(53)36(30-15-6-4-12-27(30)28-13-5-7-16-31(28)36)20-8-9-22-51-23-18-26(19-24-51)11-2-1-3-17-32(52)29-14-10-21-49-33(29)54-34(38(43,44)45)39(46,47)48/h4-7,10,12-16,21,26,34H,1-3,8-9,11,17-20,22-25H2,(H,50,53). The first-order valence-corrected chi connectivity index (χ1v) is 18.1. The van der Waals surface area contributed by atoms with Gasteiger partial charge < -0.3 is 15.0 Å². The number of hydrogen-bond donors (Lipinski definition) is 1. The number of pyridine rings is 1. The number of nitrogens with one attached hydrogen (secondary N) is 1. The first-order chi connectivity index (χ1) is 25.5. The Kier molecular flexibility index (Phi) is 13.0. The molecule has 54 heavy (non-hydrogen) atoms. The van der Waals surface area contributed by atoms with Crippen LogP contribution in [0.3, 0.4) is 0 Å². The van der Waals surface area contributed by atoms with E-state index in [1.165, 1.54) is 6.07 Å². The largest absolute Gasteiger partial charge is 0.454 e. The van der Waals surface area contributed by atoms with Crippen LogP contribution in [-0.4, -0.2) is 72.4 Å². The second-order valence-corrected chi connectivity index (χ2v) is 14.0. The molecular weight excluding hydrogens is 729 g/mol. The van der Waals surface area contributed by atoms with E-state index in [4.69, 9.17) is 0 Å². The van der Waals surface area contributed by atoms with Gasteiger partial charge in [0.2, 0.25) is 11.8 Å². The van der Waals surface area contributed by atoms with E-state index in [2.05, 4.69) is 19.9 Å². The molecule has 1 saturated heterocycles. The second-order valence-electron chi connectivity index (χ2n) is 14.0. The van der Waals surface area contributed by atoms with Crippen LogP contribution in [0.15, 0.2) is 66.9 Å². The Labute approximate surface area is 307 Å². The van der Waals surface area contributed by atoms with Crippen LogP contribution in [0, 0.1) is 5.92 Å². The summed E-state index contributed by atoms with van der Waals surface area (Å²) in [4.78, 5) is 32.2. The lowest BCUT2D eigenvalue weighted by Crippen LogP contribution is -2.47. The van der Waals surface area contributed by atoms with Crippen molar-refractivity contribution in [1.82, 2.24) is 15.2 Å². The molecule has 0 radical (unpaired) electrons. The molecule has 0 saturated carbocycles. The first kappa shape index (κ1) is 41.0. The number of carbonyl (C=O) groups excluding carboxylic acids is 2. The van der Waals surface area contributed by atoms with Crippen molar-refractivity contribution in [3.8, 4) is 17.0 Å². The third-order valence-electron chi connectivity index (χ3n) is 10.3. The fourth-order valence-electron chi connectivity index (χ4n) is 7.67. The highest BCUT2D eigenvalue weighted by atomic mass is 19.4. The van der Waals surface area contributed by atoms with Gasteiger partial charge in [0.05, 0.1) is 5.56 Å². The zero-order valence-electron chi connectivity index (χ0n) is 29.4. The van der Waals surface area contributed by atoms with Gasteiger partial charge in [0.1, 0.15) is 12.0 Å². The van der Waals surface area contributed by atoms with Crippen molar-refractivity contribution in [2.24, 2.45) is 5.92 Å². The molecule has 1 amide bonds. The Bertz CT molecular complexity index is 1670. The number of piperidine rings is 1. The van der Waals surface area contributed by atoms with Gasteiger partial charge in [-0.15, -0.1) is 0 Å². The summed E-state index contributed by atoms with van der Waals surface area (Å²) in [6.45, 7) is 1.11. The molecule has 6 nitrogen and oxygen atoms in total. The number of ether oxygens (including phenoxy) is 1. The number of benzene rings is 2. The minimum absolute atomic E-state index is 0.0777. The predicted molar refractivity (Wildman–Crippen MR) is 183 cm³/mol. The molecule has 1 N–H and O–H groups in total. The molecule has 0 spiro atoms. The zero-order chi connectivity index (χ0) is 39.1. The smallest absolute Gasteiger partial charge is 0.434 e. The highest BCUT2D eigenvalue weighted by molar-refractivity contribution is 6.00. The Morgan fingerprint density at radius 2 is 1.41 bits per heavy atom. The van der Waals surface area contributed by atoms with Crippen molar-refractivity contribution in [3.63, 3.8) is 0 Å². The average molecular weight is 772 g/mol. The molecule has 2 aliphatic rings. The third-order valence-corrected chi connectivity index (χ3v) is 10.3. The normalized spacial score (nSPS) is 16.3. The monoisotopic (exact) mass is 771 g/mol. The number of halogens is 9. The van der Waals surface area contributed by atoms with Crippen molar-refractivity contribution >= 4 is 11.7 Å². The highest BCUT2D eigenvalue weighted by Gasteiger charge is 2.59. The van der Waals surface area contributed by atoms with E-state index >= 15 is 0 Å². The number of amides is 1. The summed E-state index contributed by atoms with van der Waals surface area (Å²) in [5, 5.41) is 2.17. The van der Waals surface area contributed by atoms with Gasteiger partial charge in [-0.25, -0.2) is 4.98 Å². The number of ketones is 1. The van der Waals surface area contributed by atoms with Gasteiger partial charge >= 0.3 is 18.5 Å². The number of likely N-dealkylation sites (tertiary alicyclic amines) is 1. The molecule has 15 heteroatoms. The third kappa shape index (κ3) is 9.93. The minimum atomic E-state index is -5.74. The predicted octanol–water partition coefficient (Wildman–Crippen LogP) is 9.61. The molecule has 0 bridgehead atoms. The summed E-state index contributed by atoms with van der Waals surface area (Å²) in [7, 11) is 0.